The van der Waals surface area contributed by atoms with Gasteiger partial charge in [-0.15, -0.1) is 11.6 Å². The van der Waals surface area contributed by atoms with Crippen molar-refractivity contribution in [2.24, 2.45) is 0 Å². The summed E-state index contributed by atoms with van der Waals surface area (Å²) in [7, 11) is 0. The van der Waals surface area contributed by atoms with Crippen LogP contribution in [0.25, 0.3) is 0 Å². The van der Waals surface area contributed by atoms with E-state index in [2.05, 4.69) is 5.38 Å². The summed E-state index contributed by atoms with van der Waals surface area (Å²) in [6.45, 7) is 2.04. The maximum Gasteiger partial charge on any atom is 0.0860 e. The monoisotopic (exact) mass is 290 g/mol. The van der Waals surface area contributed by atoms with Gasteiger partial charge in [0.15, 0.2) is 0 Å². The normalized spacial score (nSPS) is 12.8. The first-order chi connectivity index (χ1) is 7.59. The minimum Gasteiger partial charge on any atom is -0.152 e. The minimum absolute atomic E-state index is 0.238. The number of hydrogen-bond acceptors (Lipinski definition) is 1. The predicted octanol–water partition coefficient (Wildman–Crippen LogP) is 5.69. The van der Waals surface area contributed by atoms with Crippen molar-refractivity contribution in [1.82, 2.24) is 0 Å². The molecule has 0 fully saturated rings. The van der Waals surface area contributed by atoms with Gasteiger partial charge in [-0.3, -0.25) is 0 Å². The van der Waals surface area contributed by atoms with Crippen molar-refractivity contribution in [2.75, 3.05) is 0 Å². The van der Waals surface area contributed by atoms with E-state index >= 15 is 0 Å². The number of hydrogen-bond donors (Lipinski definition) is 0. The van der Waals surface area contributed by atoms with E-state index in [1.165, 1.54) is 5.56 Å². The fraction of sp³-hybridized carbons (Fsp3) is 0.167. The average Bonchev–Trinajstić information content (AvgIpc) is 2.67. The van der Waals surface area contributed by atoms with Crippen LogP contribution in [0.3, 0.4) is 0 Å². The van der Waals surface area contributed by atoms with Crippen molar-refractivity contribution >= 4 is 46.1 Å². The number of benzene rings is 1. The Hall–Kier alpha value is -0.210. The lowest BCUT2D eigenvalue weighted by molar-refractivity contribution is 1.13. The highest BCUT2D eigenvalue weighted by molar-refractivity contribution is 7.08. The molecule has 0 saturated carbocycles. The molecule has 2 aromatic rings. The Morgan fingerprint density at radius 3 is 2.50 bits per heavy atom. The van der Waals surface area contributed by atoms with Gasteiger partial charge in [-0.1, -0.05) is 23.2 Å². The maximum absolute atomic E-state index is 6.42. The first-order valence-corrected chi connectivity index (χ1v) is 6.85. The minimum atomic E-state index is -0.238. The van der Waals surface area contributed by atoms with E-state index in [9.17, 15) is 0 Å². The summed E-state index contributed by atoms with van der Waals surface area (Å²) < 4.78 is 0. The summed E-state index contributed by atoms with van der Waals surface area (Å²) in [4.78, 5) is 0. The second kappa shape index (κ2) is 4.97. The van der Waals surface area contributed by atoms with E-state index in [1.807, 2.05) is 18.4 Å². The first-order valence-electron chi connectivity index (χ1n) is 4.71. The van der Waals surface area contributed by atoms with Gasteiger partial charge in [-0.2, -0.15) is 11.3 Å². The Morgan fingerprint density at radius 2 is 1.88 bits per heavy atom. The van der Waals surface area contributed by atoms with Gasteiger partial charge in [0.25, 0.3) is 0 Å². The van der Waals surface area contributed by atoms with E-state index in [0.717, 1.165) is 11.1 Å². The van der Waals surface area contributed by atoms with Crippen LogP contribution in [0.1, 0.15) is 22.1 Å². The van der Waals surface area contributed by atoms with E-state index in [4.69, 9.17) is 34.8 Å². The molecule has 16 heavy (non-hydrogen) atoms. The van der Waals surface area contributed by atoms with Crippen LogP contribution in [-0.2, 0) is 0 Å². The Bertz CT molecular complexity index is 505. The molecular weight excluding hydrogens is 283 g/mol. The molecule has 4 heteroatoms. The summed E-state index contributed by atoms with van der Waals surface area (Å²) in [6.07, 6.45) is 0. The Morgan fingerprint density at radius 1 is 1.12 bits per heavy atom. The molecular formula is C12H9Cl3S. The molecule has 1 aromatic carbocycles. The van der Waals surface area contributed by atoms with Gasteiger partial charge in [-0.05, 0) is 52.6 Å². The van der Waals surface area contributed by atoms with Crippen LogP contribution in [0.15, 0.2) is 29.0 Å². The molecule has 0 aliphatic carbocycles. The van der Waals surface area contributed by atoms with Gasteiger partial charge in [0, 0.05) is 10.0 Å². The van der Waals surface area contributed by atoms with E-state index in [-0.39, 0.29) is 5.38 Å². The first kappa shape index (κ1) is 12.3. The molecule has 1 unspecified atom stereocenters. The molecule has 0 aliphatic rings. The quantitative estimate of drug-likeness (QED) is 0.623. The highest BCUT2D eigenvalue weighted by Crippen LogP contribution is 2.37. The Kier molecular flexibility index (Phi) is 3.81. The van der Waals surface area contributed by atoms with Crippen molar-refractivity contribution in [3.05, 3.63) is 55.7 Å². The molecule has 0 N–H and O–H groups in total. The Labute approximate surface area is 114 Å². The lowest BCUT2D eigenvalue weighted by Crippen LogP contribution is -1.94. The standard InChI is InChI=1S/C12H9Cl3S/c1-7-5-16-6-10(7)12(15)9-4-8(13)2-3-11(9)14/h2-6,12H,1H3. The average molecular weight is 292 g/mol. The third kappa shape index (κ3) is 2.38. The lowest BCUT2D eigenvalue weighted by atomic mass is 10.0. The molecule has 0 bridgehead atoms. The molecule has 0 saturated heterocycles. The van der Waals surface area contributed by atoms with Crippen LogP contribution < -0.4 is 0 Å². The van der Waals surface area contributed by atoms with E-state index in [1.54, 1.807) is 23.5 Å². The van der Waals surface area contributed by atoms with Crippen molar-refractivity contribution in [3.8, 4) is 0 Å². The number of thiophene rings is 1. The van der Waals surface area contributed by atoms with Crippen LogP contribution in [0.5, 0.6) is 0 Å². The molecule has 84 valence electrons. The summed E-state index contributed by atoms with van der Waals surface area (Å²) in [5.41, 5.74) is 3.13. The predicted molar refractivity (Wildman–Crippen MR) is 73.2 cm³/mol. The molecule has 2 rings (SSSR count). The zero-order valence-electron chi connectivity index (χ0n) is 8.51. The zero-order valence-corrected chi connectivity index (χ0v) is 11.6. The van der Waals surface area contributed by atoms with Crippen LogP contribution in [-0.4, -0.2) is 0 Å². The SMILES string of the molecule is Cc1cscc1C(Cl)c1cc(Cl)ccc1Cl. The number of alkyl halides is 1. The fourth-order valence-electron chi connectivity index (χ4n) is 1.51. The molecule has 1 atom stereocenters. The molecule has 1 aromatic heterocycles. The molecule has 1 heterocycles. The van der Waals surface area contributed by atoms with Gasteiger partial charge < -0.3 is 0 Å². The number of aryl methyl sites for hydroxylation is 1. The van der Waals surface area contributed by atoms with Gasteiger partial charge in [0.1, 0.15) is 0 Å². The molecule has 0 aliphatic heterocycles. The van der Waals surface area contributed by atoms with Crippen molar-refractivity contribution in [2.45, 2.75) is 12.3 Å². The lowest BCUT2D eigenvalue weighted by Gasteiger charge is -2.12. The van der Waals surface area contributed by atoms with Crippen molar-refractivity contribution in [3.63, 3.8) is 0 Å². The van der Waals surface area contributed by atoms with Crippen molar-refractivity contribution < 1.29 is 0 Å². The molecule has 0 nitrogen and oxygen atoms in total. The second-order valence-corrected chi connectivity index (χ2v) is 5.56. The molecule has 0 radical (unpaired) electrons. The highest BCUT2D eigenvalue weighted by atomic mass is 35.5. The summed E-state index contributed by atoms with van der Waals surface area (Å²) in [5, 5.41) is 5.18. The van der Waals surface area contributed by atoms with Gasteiger partial charge in [-0.25, -0.2) is 0 Å². The third-order valence-electron chi connectivity index (χ3n) is 2.40. The van der Waals surface area contributed by atoms with Crippen LogP contribution in [0.2, 0.25) is 10.0 Å². The maximum atomic E-state index is 6.42. The molecule has 0 spiro atoms. The van der Waals surface area contributed by atoms with Crippen LogP contribution >= 0.6 is 46.1 Å². The number of halogens is 3. The second-order valence-electron chi connectivity index (χ2n) is 3.54. The fourth-order valence-corrected chi connectivity index (χ4v) is 3.34. The summed E-state index contributed by atoms with van der Waals surface area (Å²) in [6, 6.07) is 5.35. The highest BCUT2D eigenvalue weighted by Gasteiger charge is 2.17. The molecule has 0 amide bonds. The summed E-state index contributed by atoms with van der Waals surface area (Å²) >= 11 is 20.1. The van der Waals surface area contributed by atoms with Crippen LogP contribution in [0.4, 0.5) is 0 Å². The van der Waals surface area contributed by atoms with Gasteiger partial charge in [0.05, 0.1) is 5.38 Å². The largest absolute Gasteiger partial charge is 0.152 e. The summed E-state index contributed by atoms with van der Waals surface area (Å²) in [5.74, 6) is 0. The van der Waals surface area contributed by atoms with Gasteiger partial charge in [0.2, 0.25) is 0 Å². The topological polar surface area (TPSA) is 0 Å². The van der Waals surface area contributed by atoms with E-state index in [0.29, 0.717) is 10.0 Å². The van der Waals surface area contributed by atoms with Crippen molar-refractivity contribution in [1.29, 1.82) is 0 Å². The number of rotatable bonds is 2. The Balaban J connectivity index is 2.45. The smallest absolute Gasteiger partial charge is 0.0860 e. The van der Waals surface area contributed by atoms with Gasteiger partial charge >= 0.3 is 0 Å². The van der Waals surface area contributed by atoms with Crippen LogP contribution in [0, 0.1) is 6.92 Å². The van der Waals surface area contributed by atoms with E-state index < -0.39 is 0 Å². The third-order valence-corrected chi connectivity index (χ3v) is 4.33. The zero-order chi connectivity index (χ0) is 11.7.